The summed E-state index contributed by atoms with van der Waals surface area (Å²) in [6.45, 7) is 2.27. The van der Waals surface area contributed by atoms with E-state index in [1.165, 1.54) is 81.7 Å². The number of nitrogens with zero attached hydrogens (tertiary/aromatic N) is 3. The van der Waals surface area contributed by atoms with E-state index in [2.05, 4.69) is 23.3 Å². The fourth-order valence-electron chi connectivity index (χ4n) is 3.54. The number of allylic oxidation sites excluding steroid dienone is 2. The van der Waals surface area contributed by atoms with Crippen LogP contribution in [0, 0.1) is 0 Å². The van der Waals surface area contributed by atoms with Crippen molar-refractivity contribution >= 4 is 16.9 Å². The summed E-state index contributed by atoms with van der Waals surface area (Å²) in [6, 6.07) is 7.55. The average molecular weight is 384 g/mol. The first-order valence-corrected chi connectivity index (χ1v) is 11.3. The van der Waals surface area contributed by atoms with Crippen LogP contribution in [0.2, 0.25) is 0 Å². The SMILES string of the molecule is CCCCCCCCCCCCCC/C=C/CC(=O)n1nnc2ccccc21. The fourth-order valence-corrected chi connectivity index (χ4v) is 3.54. The Hall–Kier alpha value is -1.97. The number of hydrogen-bond acceptors (Lipinski definition) is 3. The van der Waals surface area contributed by atoms with Gasteiger partial charge in [0.05, 0.1) is 5.52 Å². The molecule has 0 aliphatic rings. The predicted molar refractivity (Wildman–Crippen MR) is 118 cm³/mol. The maximum atomic E-state index is 12.3. The van der Waals surface area contributed by atoms with Crippen molar-refractivity contribution in [2.24, 2.45) is 0 Å². The van der Waals surface area contributed by atoms with E-state index in [1.54, 1.807) is 0 Å². The lowest BCUT2D eigenvalue weighted by molar-refractivity contribution is 0.0904. The first kappa shape index (κ1) is 22.3. The first-order chi connectivity index (χ1) is 13.8. The molecule has 0 bridgehead atoms. The standard InChI is InChI=1S/C24H37N3O/c1-2-3-4-5-6-7-8-9-10-11-12-13-14-15-16-21-24(28)27-23-20-18-17-19-22(23)25-26-27/h15-20H,2-14,21H2,1H3/b16-15+. The minimum Gasteiger partial charge on any atom is -0.272 e. The van der Waals surface area contributed by atoms with Gasteiger partial charge in [-0.25, -0.2) is 0 Å². The van der Waals surface area contributed by atoms with Gasteiger partial charge in [0.25, 0.3) is 5.91 Å². The van der Waals surface area contributed by atoms with Crippen molar-refractivity contribution in [2.45, 2.75) is 96.8 Å². The van der Waals surface area contributed by atoms with Crippen molar-refractivity contribution in [1.29, 1.82) is 0 Å². The minimum absolute atomic E-state index is 0.0281. The summed E-state index contributed by atoms with van der Waals surface area (Å²) >= 11 is 0. The Bertz CT molecular complexity index is 705. The highest BCUT2D eigenvalue weighted by Gasteiger charge is 2.09. The lowest BCUT2D eigenvalue weighted by Gasteiger charge is -2.02. The third-order valence-corrected chi connectivity index (χ3v) is 5.27. The van der Waals surface area contributed by atoms with Crippen LogP contribution in [0.15, 0.2) is 36.4 Å². The van der Waals surface area contributed by atoms with Crippen molar-refractivity contribution in [3.05, 3.63) is 36.4 Å². The maximum absolute atomic E-state index is 12.3. The minimum atomic E-state index is -0.0281. The van der Waals surface area contributed by atoms with E-state index in [1.807, 2.05) is 30.3 Å². The van der Waals surface area contributed by atoms with Crippen molar-refractivity contribution in [3.63, 3.8) is 0 Å². The number of carbonyl (C=O) groups excluding carboxylic acids is 1. The van der Waals surface area contributed by atoms with Gasteiger partial charge in [-0.2, -0.15) is 4.68 Å². The Balaban J connectivity index is 1.45. The topological polar surface area (TPSA) is 47.8 Å². The van der Waals surface area contributed by atoms with Gasteiger partial charge in [-0.05, 0) is 25.0 Å². The molecule has 2 rings (SSSR count). The molecule has 4 nitrogen and oxygen atoms in total. The highest BCUT2D eigenvalue weighted by Crippen LogP contribution is 2.13. The molecule has 0 saturated carbocycles. The molecule has 1 aromatic heterocycles. The highest BCUT2D eigenvalue weighted by atomic mass is 16.2. The van der Waals surface area contributed by atoms with E-state index in [-0.39, 0.29) is 5.91 Å². The number of unbranched alkanes of at least 4 members (excludes halogenated alkanes) is 12. The molecule has 0 amide bonds. The Morgan fingerprint density at radius 1 is 0.857 bits per heavy atom. The number of aromatic nitrogens is 3. The molecule has 28 heavy (non-hydrogen) atoms. The third kappa shape index (κ3) is 8.37. The lowest BCUT2D eigenvalue weighted by Crippen LogP contribution is -2.10. The number of hydrogen-bond donors (Lipinski definition) is 0. The summed E-state index contributed by atoms with van der Waals surface area (Å²) in [4.78, 5) is 12.3. The molecule has 2 aromatic rings. The van der Waals surface area contributed by atoms with Crippen LogP contribution in [0.1, 0.15) is 102 Å². The van der Waals surface area contributed by atoms with E-state index in [4.69, 9.17) is 0 Å². The molecule has 0 spiro atoms. The summed E-state index contributed by atoms with van der Waals surface area (Å²) in [7, 11) is 0. The number of rotatable bonds is 15. The quantitative estimate of drug-likeness (QED) is 0.243. The zero-order chi connectivity index (χ0) is 19.9. The van der Waals surface area contributed by atoms with Gasteiger partial charge >= 0.3 is 0 Å². The molecule has 0 aliphatic carbocycles. The molecule has 0 atom stereocenters. The fraction of sp³-hybridized carbons (Fsp3) is 0.625. The third-order valence-electron chi connectivity index (χ3n) is 5.27. The smallest absolute Gasteiger partial charge is 0.252 e. The second-order valence-corrected chi connectivity index (χ2v) is 7.74. The van der Waals surface area contributed by atoms with Crippen molar-refractivity contribution in [2.75, 3.05) is 0 Å². The number of carbonyl (C=O) groups is 1. The Morgan fingerprint density at radius 3 is 2.14 bits per heavy atom. The highest BCUT2D eigenvalue weighted by molar-refractivity contribution is 5.89. The second kappa shape index (κ2) is 14.1. The molecule has 154 valence electrons. The van der Waals surface area contributed by atoms with Crippen LogP contribution in [0.5, 0.6) is 0 Å². The molecule has 0 unspecified atom stereocenters. The molecule has 0 aliphatic heterocycles. The Morgan fingerprint density at radius 2 is 1.46 bits per heavy atom. The van der Waals surface area contributed by atoms with Crippen LogP contribution in [-0.2, 0) is 0 Å². The van der Waals surface area contributed by atoms with Gasteiger partial charge in [-0.15, -0.1) is 5.10 Å². The lowest BCUT2D eigenvalue weighted by atomic mass is 10.0. The van der Waals surface area contributed by atoms with Gasteiger partial charge in [0, 0.05) is 6.42 Å². The maximum Gasteiger partial charge on any atom is 0.252 e. The van der Waals surface area contributed by atoms with Crippen LogP contribution in [0.3, 0.4) is 0 Å². The first-order valence-electron chi connectivity index (χ1n) is 11.3. The van der Waals surface area contributed by atoms with E-state index >= 15 is 0 Å². The molecule has 4 heteroatoms. The van der Waals surface area contributed by atoms with Crippen molar-refractivity contribution in [1.82, 2.24) is 15.0 Å². The van der Waals surface area contributed by atoms with Crippen LogP contribution in [0.4, 0.5) is 0 Å². The van der Waals surface area contributed by atoms with Crippen LogP contribution < -0.4 is 0 Å². The van der Waals surface area contributed by atoms with Crippen LogP contribution in [0.25, 0.3) is 11.0 Å². The predicted octanol–water partition coefficient (Wildman–Crippen LogP) is 7.11. The Labute approximate surface area is 170 Å². The normalized spacial score (nSPS) is 11.6. The number of fused-ring (bicyclic) bond motifs is 1. The van der Waals surface area contributed by atoms with E-state index in [9.17, 15) is 4.79 Å². The molecule has 1 heterocycles. The second-order valence-electron chi connectivity index (χ2n) is 7.74. The number of benzene rings is 1. The van der Waals surface area contributed by atoms with Gasteiger partial charge in [-0.1, -0.05) is 107 Å². The molecule has 0 saturated heterocycles. The van der Waals surface area contributed by atoms with Gasteiger partial charge < -0.3 is 0 Å². The van der Waals surface area contributed by atoms with Gasteiger partial charge in [0.1, 0.15) is 5.52 Å². The van der Waals surface area contributed by atoms with Crippen molar-refractivity contribution in [3.8, 4) is 0 Å². The monoisotopic (exact) mass is 383 g/mol. The molecule has 1 aromatic carbocycles. The van der Waals surface area contributed by atoms with E-state index in [0.717, 1.165) is 17.5 Å². The Kier molecular flexibility index (Phi) is 11.2. The zero-order valence-corrected chi connectivity index (χ0v) is 17.6. The molecule has 0 fully saturated rings. The summed E-state index contributed by atoms with van der Waals surface area (Å²) in [5.74, 6) is -0.0281. The summed E-state index contributed by atoms with van der Waals surface area (Å²) in [5.41, 5.74) is 1.54. The molecular formula is C24H37N3O. The largest absolute Gasteiger partial charge is 0.272 e. The van der Waals surface area contributed by atoms with Crippen LogP contribution >= 0.6 is 0 Å². The average Bonchev–Trinajstić information content (AvgIpc) is 3.15. The van der Waals surface area contributed by atoms with E-state index in [0.29, 0.717) is 6.42 Å². The summed E-state index contributed by atoms with van der Waals surface area (Å²) in [5, 5.41) is 8.00. The number of para-hydroxylation sites is 1. The molecule has 0 N–H and O–H groups in total. The molecular weight excluding hydrogens is 346 g/mol. The van der Waals surface area contributed by atoms with Gasteiger partial charge in [0.15, 0.2) is 0 Å². The van der Waals surface area contributed by atoms with Crippen molar-refractivity contribution < 1.29 is 4.79 Å². The summed E-state index contributed by atoms with van der Waals surface area (Å²) < 4.78 is 1.41. The van der Waals surface area contributed by atoms with Gasteiger partial charge in [0.2, 0.25) is 0 Å². The van der Waals surface area contributed by atoms with Crippen LogP contribution in [-0.4, -0.2) is 20.9 Å². The zero-order valence-electron chi connectivity index (χ0n) is 17.6. The van der Waals surface area contributed by atoms with E-state index < -0.39 is 0 Å². The van der Waals surface area contributed by atoms with Gasteiger partial charge in [-0.3, -0.25) is 4.79 Å². The summed E-state index contributed by atoms with van der Waals surface area (Å²) in [6.07, 6.45) is 22.0. The molecule has 0 radical (unpaired) electrons.